The smallest absolute Gasteiger partial charge is 0.167 e. The quantitative estimate of drug-likeness (QED) is 0.642. The summed E-state index contributed by atoms with van der Waals surface area (Å²) in [4.78, 5) is 0. The van der Waals surface area contributed by atoms with E-state index in [0.29, 0.717) is 5.76 Å². The van der Waals surface area contributed by atoms with Crippen molar-refractivity contribution in [2.75, 3.05) is 0 Å². The summed E-state index contributed by atoms with van der Waals surface area (Å²) in [6.07, 6.45) is 2.53. The van der Waals surface area contributed by atoms with Crippen LogP contribution < -0.4 is 0 Å². The fourth-order valence-electron chi connectivity index (χ4n) is 0.937. The van der Waals surface area contributed by atoms with Crippen LogP contribution in [0.5, 0.6) is 0 Å². The molecule has 0 amide bonds. The molecule has 3 heteroatoms. The minimum Gasteiger partial charge on any atom is -0.356 e. The van der Waals surface area contributed by atoms with E-state index in [0.717, 1.165) is 5.56 Å². The number of benzene rings is 1. The average Bonchev–Trinajstić information content (AvgIpc) is 2.58. The molecule has 59 valence electrons. The van der Waals surface area contributed by atoms with Crippen molar-refractivity contribution >= 4 is 0 Å². The van der Waals surface area contributed by atoms with Gasteiger partial charge in [0, 0.05) is 11.6 Å². The highest BCUT2D eigenvalue weighted by molar-refractivity contribution is 5.55. The minimum absolute atomic E-state index is 0.262. The van der Waals surface area contributed by atoms with Gasteiger partial charge in [0.05, 0.1) is 0 Å². The first kappa shape index (κ1) is 7.03. The predicted molar refractivity (Wildman–Crippen MR) is 40.7 cm³/mol. The molecule has 0 atom stereocenters. The minimum atomic E-state index is -0.262. The summed E-state index contributed by atoms with van der Waals surface area (Å²) in [6, 6.07) is 7.61. The zero-order valence-corrected chi connectivity index (χ0v) is 6.12. The molecule has 2 rings (SSSR count). The Kier molecular flexibility index (Phi) is 1.63. The molecule has 0 unspecified atom stereocenters. The second-order valence-corrected chi connectivity index (χ2v) is 2.33. The van der Waals surface area contributed by atoms with Crippen LogP contribution in [0.15, 0.2) is 34.9 Å². The third-order valence-electron chi connectivity index (χ3n) is 1.52. The van der Waals surface area contributed by atoms with Crippen LogP contribution in [-0.2, 0) is 0 Å². The van der Waals surface area contributed by atoms with Gasteiger partial charge in [-0.25, -0.2) is 4.39 Å². The Bertz CT molecular complexity index is 353. The van der Waals surface area contributed by atoms with Crippen molar-refractivity contribution in [3.8, 4) is 11.3 Å². The van der Waals surface area contributed by atoms with Crippen LogP contribution >= 0.6 is 0 Å². The van der Waals surface area contributed by atoms with E-state index in [1.54, 1.807) is 18.2 Å². The molecule has 0 aliphatic carbocycles. The first-order valence-electron chi connectivity index (χ1n) is 3.45. The normalized spacial score (nSPS) is 10.1. The second kappa shape index (κ2) is 2.77. The zero-order valence-electron chi connectivity index (χ0n) is 6.12. The van der Waals surface area contributed by atoms with Gasteiger partial charge in [-0.05, 0) is 24.3 Å². The molecular formula is C9H5FNO. The van der Waals surface area contributed by atoms with E-state index < -0.39 is 0 Å². The van der Waals surface area contributed by atoms with Crippen molar-refractivity contribution < 1.29 is 8.91 Å². The van der Waals surface area contributed by atoms with Gasteiger partial charge >= 0.3 is 0 Å². The lowest BCUT2D eigenvalue weighted by molar-refractivity contribution is 0.430. The number of rotatable bonds is 1. The fourth-order valence-corrected chi connectivity index (χ4v) is 0.937. The van der Waals surface area contributed by atoms with E-state index in [1.165, 1.54) is 12.1 Å². The average molecular weight is 162 g/mol. The lowest BCUT2D eigenvalue weighted by Gasteiger charge is -1.92. The molecule has 1 heterocycles. The maximum absolute atomic E-state index is 12.5. The molecular weight excluding hydrogens is 157 g/mol. The zero-order chi connectivity index (χ0) is 8.39. The van der Waals surface area contributed by atoms with Gasteiger partial charge in [-0.2, -0.15) is 0 Å². The maximum Gasteiger partial charge on any atom is 0.167 e. The molecule has 2 nitrogen and oxygen atoms in total. The van der Waals surface area contributed by atoms with Crippen molar-refractivity contribution in [2.45, 2.75) is 0 Å². The number of hydrogen-bond acceptors (Lipinski definition) is 2. The molecule has 1 radical (unpaired) electrons. The first-order chi connectivity index (χ1) is 5.86. The Labute approximate surface area is 68.6 Å². The Morgan fingerprint density at radius 3 is 2.58 bits per heavy atom. The van der Waals surface area contributed by atoms with Gasteiger partial charge < -0.3 is 4.52 Å². The highest BCUT2D eigenvalue weighted by Crippen LogP contribution is 2.17. The Balaban J connectivity index is 2.43. The molecule has 0 aliphatic heterocycles. The summed E-state index contributed by atoms with van der Waals surface area (Å²) in [5.74, 6) is 0.331. The van der Waals surface area contributed by atoms with E-state index in [1.807, 2.05) is 0 Å². The van der Waals surface area contributed by atoms with Crippen molar-refractivity contribution in [1.29, 1.82) is 0 Å². The highest BCUT2D eigenvalue weighted by Gasteiger charge is 2.00. The van der Waals surface area contributed by atoms with Crippen molar-refractivity contribution in [3.05, 3.63) is 42.3 Å². The van der Waals surface area contributed by atoms with Crippen LogP contribution in [0.25, 0.3) is 11.3 Å². The lowest BCUT2D eigenvalue weighted by Crippen LogP contribution is -1.74. The van der Waals surface area contributed by atoms with Gasteiger partial charge in [-0.3, -0.25) is 0 Å². The summed E-state index contributed by atoms with van der Waals surface area (Å²) >= 11 is 0. The van der Waals surface area contributed by atoms with Gasteiger partial charge in [-0.1, -0.05) is 5.16 Å². The van der Waals surface area contributed by atoms with Crippen LogP contribution in [0, 0.1) is 12.0 Å². The van der Waals surface area contributed by atoms with Crippen molar-refractivity contribution in [1.82, 2.24) is 5.16 Å². The standard InChI is InChI=1S/C9H5FNO/c10-8-3-1-7(2-4-8)9-5-6-11-12-9/h1-5H. The Morgan fingerprint density at radius 2 is 2.00 bits per heavy atom. The van der Waals surface area contributed by atoms with Gasteiger partial charge in [0.25, 0.3) is 0 Å². The molecule has 12 heavy (non-hydrogen) atoms. The molecule has 1 aromatic heterocycles. The van der Waals surface area contributed by atoms with Crippen LogP contribution in [0.4, 0.5) is 4.39 Å². The van der Waals surface area contributed by atoms with E-state index >= 15 is 0 Å². The van der Waals surface area contributed by atoms with Crippen molar-refractivity contribution in [3.63, 3.8) is 0 Å². The Morgan fingerprint density at radius 1 is 1.25 bits per heavy atom. The van der Waals surface area contributed by atoms with E-state index in [2.05, 4.69) is 11.4 Å². The maximum atomic E-state index is 12.5. The van der Waals surface area contributed by atoms with E-state index in [9.17, 15) is 4.39 Å². The lowest BCUT2D eigenvalue weighted by atomic mass is 10.2. The van der Waals surface area contributed by atoms with Crippen LogP contribution in [0.1, 0.15) is 0 Å². The largest absolute Gasteiger partial charge is 0.356 e. The summed E-state index contributed by atoms with van der Waals surface area (Å²) in [6.45, 7) is 0. The monoisotopic (exact) mass is 162 g/mol. The molecule has 1 aromatic carbocycles. The Hall–Kier alpha value is -1.64. The summed E-state index contributed by atoms with van der Waals surface area (Å²) in [5, 5.41) is 3.43. The molecule has 2 aromatic rings. The van der Waals surface area contributed by atoms with Gasteiger partial charge in [0.1, 0.15) is 12.0 Å². The number of aromatic nitrogens is 1. The SMILES string of the molecule is Fc1ccc(-c2c[c]no2)cc1. The van der Waals surface area contributed by atoms with Gasteiger partial charge in [0.2, 0.25) is 0 Å². The molecule has 0 saturated heterocycles. The van der Waals surface area contributed by atoms with Crippen LogP contribution in [-0.4, -0.2) is 5.16 Å². The third kappa shape index (κ3) is 1.21. The summed E-state index contributed by atoms with van der Waals surface area (Å²) in [7, 11) is 0. The molecule has 0 N–H and O–H groups in total. The van der Waals surface area contributed by atoms with Crippen molar-refractivity contribution in [2.24, 2.45) is 0 Å². The molecule has 0 bridgehead atoms. The summed E-state index contributed by atoms with van der Waals surface area (Å²) in [5.41, 5.74) is 0.796. The van der Waals surface area contributed by atoms with Crippen LogP contribution in [0.2, 0.25) is 0 Å². The van der Waals surface area contributed by atoms with Gasteiger partial charge in [-0.15, -0.1) is 0 Å². The molecule has 0 spiro atoms. The third-order valence-corrected chi connectivity index (χ3v) is 1.52. The van der Waals surface area contributed by atoms with Crippen LogP contribution in [0.3, 0.4) is 0 Å². The topological polar surface area (TPSA) is 26.0 Å². The second-order valence-electron chi connectivity index (χ2n) is 2.33. The predicted octanol–water partition coefficient (Wildman–Crippen LogP) is 2.28. The van der Waals surface area contributed by atoms with Gasteiger partial charge in [0.15, 0.2) is 5.76 Å². The molecule has 0 saturated carbocycles. The fraction of sp³-hybridized carbons (Fsp3) is 0. The number of hydrogen-bond donors (Lipinski definition) is 0. The molecule has 0 fully saturated rings. The number of nitrogens with zero attached hydrogens (tertiary/aromatic N) is 1. The number of halogens is 1. The first-order valence-corrected chi connectivity index (χ1v) is 3.45. The van der Waals surface area contributed by atoms with E-state index in [4.69, 9.17) is 4.52 Å². The highest BCUT2D eigenvalue weighted by atomic mass is 19.1. The summed E-state index contributed by atoms with van der Waals surface area (Å²) < 4.78 is 17.3. The molecule has 0 aliphatic rings. The van der Waals surface area contributed by atoms with E-state index in [-0.39, 0.29) is 5.82 Å².